The lowest BCUT2D eigenvalue weighted by Gasteiger charge is -2.22. The van der Waals surface area contributed by atoms with Crippen molar-refractivity contribution in [1.82, 2.24) is 0 Å². The van der Waals surface area contributed by atoms with Crippen LogP contribution < -0.4 is 10.0 Å². The summed E-state index contributed by atoms with van der Waals surface area (Å²) in [6, 6.07) is 8.41. The fourth-order valence-electron chi connectivity index (χ4n) is 2.17. The molecule has 100 valence electrons. The summed E-state index contributed by atoms with van der Waals surface area (Å²) in [7, 11) is 0. The fraction of sp³-hybridized carbons (Fsp3) is 0.533. The van der Waals surface area contributed by atoms with E-state index < -0.39 is 5.97 Å². The SMILES string of the molecule is CCc1ccc(C[NH+](CC(=O)[O-])CC(C)C)cc1. The van der Waals surface area contributed by atoms with Crippen LogP contribution in [0.15, 0.2) is 24.3 Å². The van der Waals surface area contributed by atoms with E-state index in [2.05, 4.69) is 45.0 Å². The smallest absolute Gasteiger partial charge is 0.118 e. The Kier molecular flexibility index (Phi) is 5.86. The molecule has 3 nitrogen and oxygen atoms in total. The molecular weight excluding hydrogens is 226 g/mol. The summed E-state index contributed by atoms with van der Waals surface area (Å²) in [6.07, 6.45) is 1.03. The number of quaternary nitrogens is 1. The molecule has 18 heavy (non-hydrogen) atoms. The van der Waals surface area contributed by atoms with Crippen molar-refractivity contribution in [2.45, 2.75) is 33.7 Å². The lowest BCUT2D eigenvalue weighted by Crippen LogP contribution is -3.12. The summed E-state index contributed by atoms with van der Waals surface area (Å²) in [5.41, 5.74) is 2.49. The molecule has 1 rings (SSSR count). The van der Waals surface area contributed by atoms with E-state index in [1.807, 2.05) is 0 Å². The molecule has 0 saturated carbocycles. The Bertz CT molecular complexity index is 371. The van der Waals surface area contributed by atoms with Gasteiger partial charge >= 0.3 is 0 Å². The molecule has 0 aliphatic rings. The number of rotatable bonds is 7. The molecule has 3 heteroatoms. The van der Waals surface area contributed by atoms with Crippen LogP contribution >= 0.6 is 0 Å². The average molecular weight is 249 g/mol. The van der Waals surface area contributed by atoms with Crippen molar-refractivity contribution in [3.8, 4) is 0 Å². The quantitative estimate of drug-likeness (QED) is 0.741. The number of aliphatic carboxylic acids is 1. The molecule has 0 fully saturated rings. The molecule has 1 aromatic carbocycles. The van der Waals surface area contributed by atoms with Gasteiger partial charge in [0.25, 0.3) is 0 Å². The van der Waals surface area contributed by atoms with Crippen molar-refractivity contribution < 1.29 is 14.8 Å². The van der Waals surface area contributed by atoms with Crippen molar-refractivity contribution in [2.75, 3.05) is 13.1 Å². The van der Waals surface area contributed by atoms with Crippen LogP contribution in [0.25, 0.3) is 0 Å². The van der Waals surface area contributed by atoms with Crippen molar-refractivity contribution in [3.05, 3.63) is 35.4 Å². The highest BCUT2D eigenvalue weighted by Gasteiger charge is 2.12. The van der Waals surface area contributed by atoms with Crippen LogP contribution in [0, 0.1) is 5.92 Å². The lowest BCUT2D eigenvalue weighted by atomic mass is 10.1. The number of carbonyl (C=O) groups is 1. The van der Waals surface area contributed by atoms with Crippen molar-refractivity contribution in [2.24, 2.45) is 5.92 Å². The predicted octanol–water partition coefficient (Wildman–Crippen LogP) is 0.0398. The van der Waals surface area contributed by atoms with Crippen LogP contribution in [0.5, 0.6) is 0 Å². The third kappa shape index (κ3) is 5.32. The third-order valence-corrected chi connectivity index (χ3v) is 2.98. The molecule has 0 aliphatic carbocycles. The highest BCUT2D eigenvalue weighted by atomic mass is 16.4. The number of hydrogen-bond acceptors (Lipinski definition) is 2. The van der Waals surface area contributed by atoms with Crippen LogP contribution in [0.4, 0.5) is 0 Å². The summed E-state index contributed by atoms with van der Waals surface area (Å²) >= 11 is 0. The van der Waals surface area contributed by atoms with Crippen LogP contribution in [-0.2, 0) is 17.8 Å². The van der Waals surface area contributed by atoms with Gasteiger partial charge in [-0.15, -0.1) is 0 Å². The van der Waals surface area contributed by atoms with Gasteiger partial charge < -0.3 is 14.8 Å². The van der Waals surface area contributed by atoms with E-state index in [1.165, 1.54) is 11.1 Å². The highest BCUT2D eigenvalue weighted by Crippen LogP contribution is 2.03. The van der Waals surface area contributed by atoms with E-state index in [-0.39, 0.29) is 6.54 Å². The molecule has 0 saturated heterocycles. The normalized spacial score (nSPS) is 12.7. The monoisotopic (exact) mass is 249 g/mol. The summed E-state index contributed by atoms with van der Waals surface area (Å²) in [6.45, 7) is 8.01. The van der Waals surface area contributed by atoms with Gasteiger partial charge in [-0.25, -0.2) is 0 Å². The zero-order valence-electron chi connectivity index (χ0n) is 11.5. The van der Waals surface area contributed by atoms with Gasteiger partial charge in [0.2, 0.25) is 0 Å². The number of carboxylic acid groups (broad SMARTS) is 1. The molecule has 1 N–H and O–H groups in total. The Hall–Kier alpha value is -1.35. The predicted molar refractivity (Wildman–Crippen MR) is 70.1 cm³/mol. The maximum absolute atomic E-state index is 10.7. The molecule has 0 aliphatic heterocycles. The van der Waals surface area contributed by atoms with Crippen LogP contribution in [-0.4, -0.2) is 19.1 Å². The minimum atomic E-state index is -0.976. The number of carbonyl (C=O) groups excluding carboxylic acids is 1. The van der Waals surface area contributed by atoms with E-state index in [9.17, 15) is 9.90 Å². The zero-order chi connectivity index (χ0) is 13.5. The second-order valence-corrected chi connectivity index (χ2v) is 5.24. The van der Waals surface area contributed by atoms with Gasteiger partial charge in [0.1, 0.15) is 13.1 Å². The van der Waals surface area contributed by atoms with Gasteiger partial charge in [0.15, 0.2) is 0 Å². The van der Waals surface area contributed by atoms with E-state index in [0.29, 0.717) is 5.92 Å². The molecule has 1 aromatic rings. The van der Waals surface area contributed by atoms with E-state index in [1.54, 1.807) is 0 Å². The molecule has 0 amide bonds. The van der Waals surface area contributed by atoms with Crippen LogP contribution in [0.1, 0.15) is 31.9 Å². The molecule has 0 aromatic heterocycles. The second-order valence-electron chi connectivity index (χ2n) is 5.24. The minimum absolute atomic E-state index is 0.0771. The van der Waals surface area contributed by atoms with Crippen molar-refractivity contribution in [3.63, 3.8) is 0 Å². The van der Waals surface area contributed by atoms with Crippen LogP contribution in [0.2, 0.25) is 0 Å². The zero-order valence-corrected chi connectivity index (χ0v) is 11.5. The molecule has 1 unspecified atom stereocenters. The lowest BCUT2D eigenvalue weighted by molar-refractivity contribution is -0.911. The highest BCUT2D eigenvalue weighted by molar-refractivity contribution is 5.65. The van der Waals surface area contributed by atoms with Gasteiger partial charge in [-0.1, -0.05) is 45.0 Å². The second kappa shape index (κ2) is 7.17. The number of hydrogen-bond donors (Lipinski definition) is 1. The third-order valence-electron chi connectivity index (χ3n) is 2.98. The maximum Gasteiger partial charge on any atom is 0.118 e. The molecule has 0 radical (unpaired) electrons. The number of benzene rings is 1. The standard InChI is InChI=1S/C15H23NO2/c1-4-13-5-7-14(8-6-13)10-16(9-12(2)3)11-15(17)18/h5-8,12H,4,9-11H2,1-3H3,(H,17,18). The summed E-state index contributed by atoms with van der Waals surface area (Å²) in [4.78, 5) is 11.8. The summed E-state index contributed by atoms with van der Waals surface area (Å²) < 4.78 is 0. The Balaban J connectivity index is 2.65. The first-order chi connectivity index (χ1) is 8.51. The number of carboxylic acids is 1. The topological polar surface area (TPSA) is 44.6 Å². The van der Waals surface area contributed by atoms with E-state index in [0.717, 1.165) is 24.4 Å². The average Bonchev–Trinajstić information content (AvgIpc) is 2.28. The largest absolute Gasteiger partial charge is 0.544 e. The summed E-state index contributed by atoms with van der Waals surface area (Å²) in [5, 5.41) is 10.7. The Morgan fingerprint density at radius 2 is 1.78 bits per heavy atom. The van der Waals surface area contributed by atoms with Gasteiger partial charge in [-0.3, -0.25) is 0 Å². The van der Waals surface area contributed by atoms with E-state index >= 15 is 0 Å². The Morgan fingerprint density at radius 1 is 1.22 bits per heavy atom. The first-order valence-corrected chi connectivity index (χ1v) is 6.62. The molecule has 0 spiro atoms. The Labute approximate surface area is 109 Å². The molecule has 0 bridgehead atoms. The molecule has 0 heterocycles. The first kappa shape index (κ1) is 14.7. The minimum Gasteiger partial charge on any atom is -0.544 e. The van der Waals surface area contributed by atoms with Crippen molar-refractivity contribution >= 4 is 5.97 Å². The van der Waals surface area contributed by atoms with E-state index in [4.69, 9.17) is 0 Å². The molecular formula is C15H23NO2. The van der Waals surface area contributed by atoms with Gasteiger partial charge in [0, 0.05) is 11.5 Å². The van der Waals surface area contributed by atoms with Crippen molar-refractivity contribution in [1.29, 1.82) is 0 Å². The fourth-order valence-corrected chi connectivity index (χ4v) is 2.17. The summed E-state index contributed by atoms with van der Waals surface area (Å²) in [5.74, 6) is -0.495. The number of nitrogens with one attached hydrogen (secondary N) is 1. The van der Waals surface area contributed by atoms with Crippen LogP contribution in [0.3, 0.4) is 0 Å². The molecule has 1 atom stereocenters. The van der Waals surface area contributed by atoms with Gasteiger partial charge in [-0.05, 0) is 12.0 Å². The van der Waals surface area contributed by atoms with Gasteiger partial charge in [-0.2, -0.15) is 0 Å². The Morgan fingerprint density at radius 3 is 2.22 bits per heavy atom. The first-order valence-electron chi connectivity index (χ1n) is 6.62. The van der Waals surface area contributed by atoms with Gasteiger partial charge in [0.05, 0.1) is 12.5 Å². The number of aryl methyl sites for hydroxylation is 1. The maximum atomic E-state index is 10.7.